The van der Waals surface area contributed by atoms with E-state index in [0.717, 1.165) is 37.2 Å². The maximum atomic E-state index is 13.1. The van der Waals surface area contributed by atoms with Gasteiger partial charge in [0.2, 0.25) is 0 Å². The summed E-state index contributed by atoms with van der Waals surface area (Å²) in [6.07, 6.45) is 2.11. The molecule has 0 bridgehead atoms. The third-order valence-corrected chi connectivity index (χ3v) is 6.12. The summed E-state index contributed by atoms with van der Waals surface area (Å²) in [5.74, 6) is -1.72. The first-order valence-electron chi connectivity index (χ1n) is 10.9. The number of likely N-dealkylation sites (tertiary alicyclic amines) is 1. The van der Waals surface area contributed by atoms with Crippen LogP contribution in [0.5, 0.6) is 0 Å². The Morgan fingerprint density at radius 3 is 2.55 bits per heavy atom. The molecule has 1 fully saturated rings. The smallest absolute Gasteiger partial charge is 0.310 e. The van der Waals surface area contributed by atoms with Gasteiger partial charge in [0.05, 0.1) is 6.54 Å². The lowest BCUT2D eigenvalue weighted by Crippen LogP contribution is -2.47. The van der Waals surface area contributed by atoms with Crippen molar-refractivity contribution >= 4 is 23.4 Å². The molecule has 4 rings (SSSR count). The maximum Gasteiger partial charge on any atom is 0.310 e. The molecule has 0 saturated carbocycles. The molecule has 2 atom stereocenters. The molecule has 1 saturated heterocycles. The Morgan fingerprint density at radius 2 is 1.77 bits per heavy atom. The lowest BCUT2D eigenvalue weighted by Gasteiger charge is -2.23. The van der Waals surface area contributed by atoms with Gasteiger partial charge in [0.25, 0.3) is 5.91 Å². The highest BCUT2D eigenvalue weighted by molar-refractivity contribution is 6.35. The van der Waals surface area contributed by atoms with Crippen molar-refractivity contribution in [2.24, 2.45) is 0 Å². The number of carbonyl (C=O) groups excluding carboxylic acids is 3. The van der Waals surface area contributed by atoms with Crippen molar-refractivity contribution in [3.05, 3.63) is 65.7 Å². The second-order valence-electron chi connectivity index (χ2n) is 8.01. The number of nitrogens with zero attached hydrogens (tertiary/aromatic N) is 2. The Morgan fingerprint density at radius 1 is 1.03 bits per heavy atom. The van der Waals surface area contributed by atoms with Crippen LogP contribution in [0.15, 0.2) is 54.6 Å². The zero-order chi connectivity index (χ0) is 21.8. The van der Waals surface area contributed by atoms with E-state index >= 15 is 0 Å². The normalized spacial score (nSPS) is 20.5. The monoisotopic (exact) mass is 420 g/mol. The summed E-state index contributed by atoms with van der Waals surface area (Å²) >= 11 is 0. The van der Waals surface area contributed by atoms with Crippen LogP contribution in [-0.2, 0) is 20.9 Å². The number of fused-ring (bicyclic) bond motifs is 1. The van der Waals surface area contributed by atoms with E-state index in [4.69, 9.17) is 0 Å². The molecular formula is C24H28N4O3. The van der Waals surface area contributed by atoms with E-state index in [1.807, 2.05) is 54.6 Å². The van der Waals surface area contributed by atoms with Crippen LogP contribution in [-0.4, -0.2) is 48.3 Å². The van der Waals surface area contributed by atoms with E-state index in [-0.39, 0.29) is 11.9 Å². The summed E-state index contributed by atoms with van der Waals surface area (Å²) in [5, 5.41) is 5.38. The molecule has 2 aromatic rings. The largest absolute Gasteiger partial charge is 0.346 e. The average molecular weight is 421 g/mol. The van der Waals surface area contributed by atoms with Gasteiger partial charge in [0, 0.05) is 23.8 Å². The van der Waals surface area contributed by atoms with E-state index < -0.39 is 17.9 Å². The summed E-state index contributed by atoms with van der Waals surface area (Å²) in [5.41, 5.74) is 2.46. The minimum atomic E-state index is -0.864. The minimum Gasteiger partial charge on any atom is -0.346 e. The van der Waals surface area contributed by atoms with Gasteiger partial charge in [-0.3, -0.25) is 19.3 Å². The fourth-order valence-corrected chi connectivity index (χ4v) is 4.48. The van der Waals surface area contributed by atoms with Crippen molar-refractivity contribution in [1.29, 1.82) is 0 Å². The van der Waals surface area contributed by atoms with Gasteiger partial charge >= 0.3 is 11.8 Å². The Bertz CT molecular complexity index is 962. The van der Waals surface area contributed by atoms with Gasteiger partial charge in [-0.2, -0.15) is 0 Å². The number of amides is 3. The summed E-state index contributed by atoms with van der Waals surface area (Å²) in [6, 6.07) is 16.5. The summed E-state index contributed by atoms with van der Waals surface area (Å²) < 4.78 is 0. The second-order valence-corrected chi connectivity index (χ2v) is 8.01. The Kier molecular flexibility index (Phi) is 6.32. The van der Waals surface area contributed by atoms with Crippen molar-refractivity contribution in [2.75, 3.05) is 24.5 Å². The molecule has 31 heavy (non-hydrogen) atoms. The number of likely N-dealkylation sites (N-methyl/N-ethyl adjacent to an activating group) is 1. The number of para-hydroxylation sites is 1. The Labute approximate surface area is 182 Å². The number of carbonyl (C=O) groups is 3. The molecule has 7 nitrogen and oxygen atoms in total. The van der Waals surface area contributed by atoms with Gasteiger partial charge in [-0.1, -0.05) is 55.5 Å². The standard InChI is InChI=1S/C24H28N4O3/c1-2-27-14-8-11-18(27)15-25-22(29)23(30)26-21-19-12-6-7-13-20(19)28(24(21)31)16-17-9-4-3-5-10-17/h3-7,9-10,12-13,18,21H,2,8,11,14-16H2,1H3,(H,25,29)(H,26,30)/t18-,21-/m1/s1. The molecule has 0 aliphatic carbocycles. The van der Waals surface area contributed by atoms with E-state index in [1.165, 1.54) is 0 Å². The van der Waals surface area contributed by atoms with Crippen LogP contribution < -0.4 is 15.5 Å². The number of rotatable bonds is 6. The number of hydrogen-bond acceptors (Lipinski definition) is 4. The predicted molar refractivity (Wildman–Crippen MR) is 118 cm³/mol. The van der Waals surface area contributed by atoms with Crippen molar-refractivity contribution in [2.45, 2.75) is 38.4 Å². The quantitative estimate of drug-likeness (QED) is 0.701. The Hall–Kier alpha value is -3.19. The van der Waals surface area contributed by atoms with Crippen LogP contribution in [0.3, 0.4) is 0 Å². The average Bonchev–Trinajstić information content (AvgIpc) is 3.36. The molecular weight excluding hydrogens is 392 g/mol. The highest BCUT2D eigenvalue weighted by Gasteiger charge is 2.39. The van der Waals surface area contributed by atoms with Crippen LogP contribution in [0.2, 0.25) is 0 Å². The van der Waals surface area contributed by atoms with Crippen molar-refractivity contribution < 1.29 is 14.4 Å². The first kappa shape index (κ1) is 21.1. The lowest BCUT2D eigenvalue weighted by atomic mass is 10.1. The van der Waals surface area contributed by atoms with E-state index in [0.29, 0.717) is 18.7 Å². The first-order valence-corrected chi connectivity index (χ1v) is 10.9. The maximum absolute atomic E-state index is 13.1. The van der Waals surface area contributed by atoms with Gasteiger partial charge in [0.1, 0.15) is 6.04 Å². The van der Waals surface area contributed by atoms with E-state index in [1.54, 1.807) is 4.90 Å². The number of nitrogens with one attached hydrogen (secondary N) is 2. The first-order chi connectivity index (χ1) is 15.1. The zero-order valence-corrected chi connectivity index (χ0v) is 17.7. The summed E-state index contributed by atoms with van der Waals surface area (Å²) in [6.45, 7) is 4.89. The molecule has 162 valence electrons. The number of benzene rings is 2. The molecule has 0 unspecified atom stereocenters. The summed E-state index contributed by atoms with van der Waals surface area (Å²) in [7, 11) is 0. The molecule has 0 radical (unpaired) electrons. The number of hydrogen-bond donors (Lipinski definition) is 2. The number of anilines is 1. The van der Waals surface area contributed by atoms with Gasteiger partial charge in [0.15, 0.2) is 0 Å². The summed E-state index contributed by atoms with van der Waals surface area (Å²) in [4.78, 5) is 42.1. The third kappa shape index (κ3) is 4.46. The van der Waals surface area contributed by atoms with E-state index in [2.05, 4.69) is 22.5 Å². The molecule has 2 aliphatic heterocycles. The van der Waals surface area contributed by atoms with Crippen molar-refractivity contribution in [1.82, 2.24) is 15.5 Å². The fraction of sp³-hybridized carbons (Fsp3) is 0.375. The zero-order valence-electron chi connectivity index (χ0n) is 17.7. The predicted octanol–water partition coefficient (Wildman–Crippen LogP) is 1.99. The van der Waals surface area contributed by atoms with Gasteiger partial charge in [-0.15, -0.1) is 0 Å². The topological polar surface area (TPSA) is 81.8 Å². The second kappa shape index (κ2) is 9.31. The molecule has 7 heteroatoms. The van der Waals surface area contributed by atoms with Crippen molar-refractivity contribution in [3.8, 4) is 0 Å². The molecule has 2 aliphatic rings. The van der Waals surface area contributed by atoms with Crippen LogP contribution in [0, 0.1) is 0 Å². The Balaban J connectivity index is 1.42. The molecule has 3 amide bonds. The van der Waals surface area contributed by atoms with Gasteiger partial charge in [-0.25, -0.2) is 0 Å². The molecule has 2 heterocycles. The van der Waals surface area contributed by atoms with Crippen LogP contribution in [0.25, 0.3) is 0 Å². The molecule has 0 spiro atoms. The SMILES string of the molecule is CCN1CCC[C@@H]1CNC(=O)C(=O)N[C@H]1C(=O)N(Cc2ccccc2)c2ccccc21. The highest BCUT2D eigenvalue weighted by atomic mass is 16.2. The van der Waals surface area contributed by atoms with Gasteiger partial charge in [-0.05, 0) is 37.6 Å². The van der Waals surface area contributed by atoms with Crippen molar-refractivity contribution in [3.63, 3.8) is 0 Å². The lowest BCUT2D eigenvalue weighted by molar-refractivity contribution is -0.140. The third-order valence-electron chi connectivity index (χ3n) is 6.12. The molecule has 0 aromatic heterocycles. The molecule has 2 N–H and O–H groups in total. The van der Waals surface area contributed by atoms with Crippen LogP contribution in [0.4, 0.5) is 5.69 Å². The highest BCUT2D eigenvalue weighted by Crippen LogP contribution is 2.36. The van der Waals surface area contributed by atoms with Crippen LogP contribution in [0.1, 0.15) is 36.9 Å². The van der Waals surface area contributed by atoms with Crippen LogP contribution >= 0.6 is 0 Å². The minimum absolute atomic E-state index is 0.237. The fourth-order valence-electron chi connectivity index (χ4n) is 4.48. The van der Waals surface area contributed by atoms with E-state index in [9.17, 15) is 14.4 Å². The molecule has 2 aromatic carbocycles. The van der Waals surface area contributed by atoms with Gasteiger partial charge < -0.3 is 15.5 Å².